The molecule has 4 aromatic rings. The molecule has 10 heteroatoms. The number of nitrogens with zero attached hydrogens (tertiary/aromatic N) is 6. The van der Waals surface area contributed by atoms with E-state index >= 15 is 0 Å². The molecule has 2 saturated heterocycles. The number of nitrogens with one attached hydrogen (secondary N) is 1. The Balaban J connectivity index is 0.00000130. The summed E-state index contributed by atoms with van der Waals surface area (Å²) in [6.45, 7) is 5.03. The van der Waals surface area contributed by atoms with E-state index < -0.39 is 0 Å². The molecule has 0 aromatic carbocycles. The number of pyridine rings is 2. The average molecular weight is 486 g/mol. The lowest BCUT2D eigenvalue weighted by Gasteiger charge is -2.39. The fourth-order valence-corrected chi connectivity index (χ4v) is 4.61. The second-order valence-corrected chi connectivity index (χ2v) is 8.56. The minimum atomic E-state index is 0. The van der Waals surface area contributed by atoms with E-state index in [1.54, 1.807) is 12.3 Å². The number of hydrogen-bond acceptors (Lipinski definition) is 7. The van der Waals surface area contributed by atoms with Crippen molar-refractivity contribution in [2.24, 2.45) is 0 Å². The summed E-state index contributed by atoms with van der Waals surface area (Å²) in [4.78, 5) is 11.2. The third-order valence-electron chi connectivity index (χ3n) is 6.45. The molecule has 1 spiro atoms. The van der Waals surface area contributed by atoms with Crippen molar-refractivity contribution in [1.82, 2.24) is 29.9 Å². The zero-order valence-corrected chi connectivity index (χ0v) is 19.7. The van der Waals surface area contributed by atoms with Gasteiger partial charge in [-0.2, -0.15) is 0 Å². The van der Waals surface area contributed by atoms with Gasteiger partial charge in [-0.05, 0) is 56.6 Å². The van der Waals surface area contributed by atoms with Crippen molar-refractivity contribution < 1.29 is 5.11 Å². The Morgan fingerprint density at radius 3 is 2.55 bits per heavy atom. The maximum absolute atomic E-state index is 10.6. The predicted octanol–water partition coefficient (Wildman–Crippen LogP) is 3.65. The molecule has 172 valence electrons. The zero-order chi connectivity index (χ0) is 21.0. The minimum Gasteiger partial charge on any atom is -0.506 e. The minimum absolute atomic E-state index is 0. The normalized spacial score (nSPS) is 19.2. The summed E-state index contributed by atoms with van der Waals surface area (Å²) in [5, 5.41) is 23.0. The Morgan fingerprint density at radius 1 is 1.03 bits per heavy atom. The molecule has 8 nitrogen and oxygen atoms in total. The fraction of sp³-hybridized carbons (Fsp3) is 0.304. The van der Waals surface area contributed by atoms with Gasteiger partial charge in [0.2, 0.25) is 0 Å². The van der Waals surface area contributed by atoms with Crippen LogP contribution >= 0.6 is 24.8 Å². The summed E-state index contributed by atoms with van der Waals surface area (Å²) in [5.74, 6) is 0.953. The highest BCUT2D eigenvalue weighted by molar-refractivity contribution is 5.85. The first-order chi connectivity index (χ1) is 15.1. The highest BCUT2D eigenvalue weighted by Gasteiger charge is 2.42. The van der Waals surface area contributed by atoms with Crippen LogP contribution in [-0.2, 0) is 0 Å². The predicted molar refractivity (Wildman–Crippen MR) is 133 cm³/mol. The van der Waals surface area contributed by atoms with Crippen LogP contribution < -0.4 is 10.2 Å². The van der Waals surface area contributed by atoms with Crippen molar-refractivity contribution in [2.45, 2.75) is 25.3 Å². The molecule has 2 fully saturated rings. The van der Waals surface area contributed by atoms with Gasteiger partial charge in [0.15, 0.2) is 5.82 Å². The molecule has 1 unspecified atom stereocenters. The number of aromatic nitrogens is 5. The van der Waals surface area contributed by atoms with Gasteiger partial charge in [0.05, 0.1) is 5.69 Å². The number of hydrogen-bond donors (Lipinski definition) is 2. The van der Waals surface area contributed by atoms with Crippen LogP contribution in [0.4, 0.5) is 5.82 Å². The van der Waals surface area contributed by atoms with Gasteiger partial charge < -0.3 is 19.7 Å². The lowest BCUT2D eigenvalue weighted by atomic mass is 9.87. The second kappa shape index (κ2) is 8.78. The summed E-state index contributed by atoms with van der Waals surface area (Å²) in [5.41, 5.74) is 4.90. The van der Waals surface area contributed by atoms with E-state index in [1.165, 1.54) is 6.42 Å². The lowest BCUT2D eigenvalue weighted by Crippen LogP contribution is -2.58. The van der Waals surface area contributed by atoms with E-state index in [4.69, 9.17) is 0 Å². The molecule has 6 rings (SSSR count). The molecule has 0 aliphatic carbocycles. The molecule has 2 aliphatic rings. The van der Waals surface area contributed by atoms with Gasteiger partial charge in [0.25, 0.3) is 0 Å². The van der Waals surface area contributed by atoms with Crippen molar-refractivity contribution in [1.29, 1.82) is 0 Å². The van der Waals surface area contributed by atoms with Crippen LogP contribution in [0.3, 0.4) is 0 Å². The maximum atomic E-state index is 10.6. The topological polar surface area (TPSA) is 91.5 Å². The van der Waals surface area contributed by atoms with E-state index in [9.17, 15) is 5.11 Å². The number of aromatic hydroxyl groups is 1. The first-order valence-electron chi connectivity index (χ1n) is 10.6. The van der Waals surface area contributed by atoms with Crippen LogP contribution in [0.25, 0.3) is 28.2 Å². The van der Waals surface area contributed by atoms with Gasteiger partial charge in [-0.3, -0.25) is 0 Å². The molecule has 1 atom stereocenters. The standard InChI is InChI=1S/C23H23N7O.2ClH/c1-15-12-30-13-16(2-4-20(30)26-15)17-10-19(31)22(24-11-17)18-3-5-21(28-27-18)29-9-7-23(14-29)6-8-25-23;;/h2-5,10-13,25,31H,6-9,14H2,1H3;2*1H. The van der Waals surface area contributed by atoms with Gasteiger partial charge in [-0.15, -0.1) is 35.0 Å². The number of anilines is 1. The van der Waals surface area contributed by atoms with Crippen molar-refractivity contribution in [3.8, 4) is 28.3 Å². The maximum Gasteiger partial charge on any atom is 0.151 e. The van der Waals surface area contributed by atoms with Crippen molar-refractivity contribution >= 4 is 36.3 Å². The van der Waals surface area contributed by atoms with E-state index in [0.717, 1.165) is 54.3 Å². The number of rotatable bonds is 3. The van der Waals surface area contributed by atoms with Gasteiger partial charge in [-0.25, -0.2) is 9.97 Å². The largest absolute Gasteiger partial charge is 0.506 e. The zero-order valence-electron chi connectivity index (χ0n) is 18.1. The molecule has 6 heterocycles. The molecule has 0 saturated carbocycles. The Bertz CT molecular complexity index is 1290. The molecule has 0 radical (unpaired) electrons. The fourth-order valence-electron chi connectivity index (χ4n) is 4.61. The Hall–Kier alpha value is -2.94. The molecular weight excluding hydrogens is 461 g/mol. The first-order valence-corrected chi connectivity index (χ1v) is 10.6. The van der Waals surface area contributed by atoms with E-state index in [2.05, 4.69) is 30.4 Å². The van der Waals surface area contributed by atoms with Crippen LogP contribution in [0.1, 0.15) is 18.5 Å². The molecule has 2 aliphatic heterocycles. The third-order valence-corrected chi connectivity index (χ3v) is 6.45. The summed E-state index contributed by atoms with van der Waals surface area (Å²) in [6.07, 6.45) is 8.08. The monoisotopic (exact) mass is 485 g/mol. The van der Waals surface area contributed by atoms with E-state index in [1.807, 2.05) is 48.0 Å². The van der Waals surface area contributed by atoms with Crippen LogP contribution in [0, 0.1) is 6.92 Å². The van der Waals surface area contributed by atoms with Gasteiger partial charge in [0.1, 0.15) is 22.8 Å². The van der Waals surface area contributed by atoms with Crippen LogP contribution in [0.5, 0.6) is 5.75 Å². The Morgan fingerprint density at radius 2 is 1.88 bits per heavy atom. The smallest absolute Gasteiger partial charge is 0.151 e. The average Bonchev–Trinajstić information content (AvgIpc) is 3.36. The Labute approximate surface area is 203 Å². The number of halogens is 2. The molecule has 4 aromatic heterocycles. The van der Waals surface area contributed by atoms with Crippen LogP contribution in [0.15, 0.2) is 48.9 Å². The molecule has 33 heavy (non-hydrogen) atoms. The quantitative estimate of drug-likeness (QED) is 0.457. The summed E-state index contributed by atoms with van der Waals surface area (Å²) < 4.78 is 1.97. The Kier molecular flexibility index (Phi) is 6.18. The molecule has 2 N–H and O–H groups in total. The molecule has 0 bridgehead atoms. The van der Waals surface area contributed by atoms with Crippen LogP contribution in [0.2, 0.25) is 0 Å². The number of imidazole rings is 1. The third kappa shape index (κ3) is 4.10. The van der Waals surface area contributed by atoms with E-state index in [-0.39, 0.29) is 36.1 Å². The highest BCUT2D eigenvalue weighted by atomic mass is 35.5. The van der Waals surface area contributed by atoms with Crippen LogP contribution in [-0.4, -0.2) is 54.8 Å². The SMILES string of the molecule is Cc1cn2cc(-c3cnc(-c4ccc(N5CCC6(CCN6)C5)nn4)c(O)c3)ccc2n1.Cl.Cl. The second-order valence-electron chi connectivity index (χ2n) is 8.56. The van der Waals surface area contributed by atoms with Crippen molar-refractivity contribution in [2.75, 3.05) is 24.5 Å². The van der Waals surface area contributed by atoms with Gasteiger partial charge >= 0.3 is 0 Å². The summed E-state index contributed by atoms with van der Waals surface area (Å²) in [6, 6.07) is 9.49. The summed E-state index contributed by atoms with van der Waals surface area (Å²) >= 11 is 0. The highest BCUT2D eigenvalue weighted by Crippen LogP contribution is 2.34. The number of aryl methyl sites for hydroxylation is 1. The summed E-state index contributed by atoms with van der Waals surface area (Å²) in [7, 11) is 0. The van der Waals surface area contributed by atoms with Crippen molar-refractivity contribution in [3.63, 3.8) is 0 Å². The lowest BCUT2D eigenvalue weighted by molar-refractivity contribution is 0.235. The number of fused-ring (bicyclic) bond motifs is 1. The first kappa shape index (κ1) is 23.2. The van der Waals surface area contributed by atoms with Crippen molar-refractivity contribution in [3.05, 3.63) is 54.6 Å². The van der Waals surface area contributed by atoms with E-state index in [0.29, 0.717) is 11.4 Å². The molecular formula is C23H25Cl2N7O. The van der Waals surface area contributed by atoms with Gasteiger partial charge in [-0.1, -0.05) is 0 Å². The molecule has 0 amide bonds. The van der Waals surface area contributed by atoms with Gasteiger partial charge in [0, 0.05) is 48.3 Å².